The molecule has 130 valence electrons. The van der Waals surface area contributed by atoms with Gasteiger partial charge in [0.25, 0.3) is 0 Å². The van der Waals surface area contributed by atoms with E-state index in [0.717, 1.165) is 0 Å². The maximum Gasteiger partial charge on any atom is 0.241 e. The lowest BCUT2D eigenvalue weighted by Crippen LogP contribution is -2.41. The lowest BCUT2D eigenvalue weighted by atomic mass is 10.1. The van der Waals surface area contributed by atoms with E-state index < -0.39 is 10.0 Å². The molecule has 3 rings (SSSR count). The number of fused-ring (bicyclic) bond motifs is 1. The molecule has 0 fully saturated rings. The maximum atomic E-state index is 12.7. The molecule has 1 aromatic carbocycles. The average molecular weight is 352 g/mol. The van der Waals surface area contributed by atoms with Crippen molar-refractivity contribution in [2.24, 2.45) is 5.92 Å². The highest BCUT2D eigenvalue weighted by atomic mass is 32.2. The van der Waals surface area contributed by atoms with Crippen LogP contribution in [0.25, 0.3) is 0 Å². The Labute approximate surface area is 140 Å². The minimum atomic E-state index is -3.70. The number of benzene rings is 1. The van der Waals surface area contributed by atoms with E-state index in [9.17, 15) is 8.42 Å². The molecular formula is C15H20N4O4S. The fourth-order valence-electron chi connectivity index (χ4n) is 2.36. The smallest absolute Gasteiger partial charge is 0.241 e. The van der Waals surface area contributed by atoms with Crippen LogP contribution in [0.1, 0.15) is 13.8 Å². The van der Waals surface area contributed by atoms with Gasteiger partial charge in [0.15, 0.2) is 11.5 Å². The molecule has 8 nitrogen and oxygen atoms in total. The Morgan fingerprint density at radius 3 is 2.50 bits per heavy atom. The summed E-state index contributed by atoms with van der Waals surface area (Å²) in [6, 6.07) is 4.28. The number of hydrogen-bond acceptors (Lipinski definition) is 6. The summed E-state index contributed by atoms with van der Waals surface area (Å²) in [7, 11) is -3.70. The Morgan fingerprint density at radius 2 is 1.83 bits per heavy atom. The lowest BCUT2D eigenvalue weighted by Gasteiger charge is -2.23. The molecule has 1 N–H and O–H groups in total. The Balaban J connectivity index is 1.81. The van der Waals surface area contributed by atoms with Crippen LogP contribution in [0.2, 0.25) is 0 Å². The largest absolute Gasteiger partial charge is 0.486 e. The van der Waals surface area contributed by atoms with Crippen LogP contribution in [-0.2, 0) is 16.6 Å². The van der Waals surface area contributed by atoms with Crippen LogP contribution in [-0.4, -0.2) is 42.7 Å². The molecule has 9 heteroatoms. The summed E-state index contributed by atoms with van der Waals surface area (Å²) in [5.41, 5.74) is 0. The third-order valence-electron chi connectivity index (χ3n) is 3.76. The number of rotatable bonds is 6. The van der Waals surface area contributed by atoms with Crippen LogP contribution >= 0.6 is 0 Å². The van der Waals surface area contributed by atoms with Crippen molar-refractivity contribution < 1.29 is 17.9 Å². The van der Waals surface area contributed by atoms with E-state index in [2.05, 4.69) is 14.9 Å². The van der Waals surface area contributed by atoms with Gasteiger partial charge in [0, 0.05) is 12.1 Å². The third kappa shape index (κ3) is 3.68. The number of aromatic nitrogens is 3. The Hall–Kier alpha value is -2.13. The van der Waals surface area contributed by atoms with Gasteiger partial charge in [-0.2, -0.15) is 15.0 Å². The van der Waals surface area contributed by atoms with Gasteiger partial charge in [-0.05, 0) is 18.1 Å². The second-order valence-electron chi connectivity index (χ2n) is 5.86. The summed E-state index contributed by atoms with van der Waals surface area (Å²) in [5, 5.41) is 8.07. The summed E-state index contributed by atoms with van der Waals surface area (Å²) in [6.07, 6.45) is 3.12. The minimum Gasteiger partial charge on any atom is -0.486 e. The van der Waals surface area contributed by atoms with Gasteiger partial charge in [0.05, 0.1) is 23.8 Å². The first-order valence-electron chi connectivity index (χ1n) is 7.72. The first-order valence-corrected chi connectivity index (χ1v) is 9.20. The van der Waals surface area contributed by atoms with Crippen LogP contribution in [0.15, 0.2) is 35.5 Å². The molecule has 0 spiro atoms. The van der Waals surface area contributed by atoms with Gasteiger partial charge in [-0.1, -0.05) is 13.8 Å². The zero-order valence-corrected chi connectivity index (χ0v) is 14.4. The molecule has 0 aliphatic carbocycles. The second-order valence-corrected chi connectivity index (χ2v) is 7.58. The molecule has 0 radical (unpaired) electrons. The lowest BCUT2D eigenvalue weighted by molar-refractivity contribution is 0.171. The topological polar surface area (TPSA) is 95.3 Å². The second kappa shape index (κ2) is 6.78. The van der Waals surface area contributed by atoms with E-state index in [1.54, 1.807) is 18.5 Å². The Kier molecular flexibility index (Phi) is 4.72. The standard InChI is InChI=1S/C15H20N4O4S/c1-11(2)13(10-19-16-5-6-17-19)18-24(20,21)12-3-4-14-15(9-12)23-8-7-22-14/h3-6,9,11,13,18H,7-8,10H2,1-2H3. The zero-order chi connectivity index (χ0) is 17.2. The van der Waals surface area contributed by atoms with Gasteiger partial charge >= 0.3 is 0 Å². The minimum absolute atomic E-state index is 0.0722. The molecule has 1 aliphatic heterocycles. The van der Waals surface area contributed by atoms with E-state index in [1.807, 2.05) is 13.8 Å². The van der Waals surface area contributed by atoms with Crippen molar-refractivity contribution in [1.29, 1.82) is 0 Å². The Bertz CT molecular complexity index is 790. The van der Waals surface area contributed by atoms with Crippen molar-refractivity contribution in [3.05, 3.63) is 30.6 Å². The molecule has 2 aromatic rings. The molecule has 2 heterocycles. The van der Waals surface area contributed by atoms with Crippen molar-refractivity contribution in [3.8, 4) is 11.5 Å². The van der Waals surface area contributed by atoms with Crippen molar-refractivity contribution in [2.45, 2.75) is 31.3 Å². The molecule has 0 bridgehead atoms. The van der Waals surface area contributed by atoms with E-state index in [0.29, 0.717) is 31.3 Å². The maximum absolute atomic E-state index is 12.7. The monoisotopic (exact) mass is 352 g/mol. The molecule has 24 heavy (non-hydrogen) atoms. The molecule has 1 aromatic heterocycles. The molecule has 1 unspecified atom stereocenters. The first kappa shape index (κ1) is 16.7. The normalized spacial score (nSPS) is 15.5. The summed E-state index contributed by atoms with van der Waals surface area (Å²) in [5.74, 6) is 1.07. The summed E-state index contributed by atoms with van der Waals surface area (Å²) < 4.78 is 39.0. The van der Waals surface area contributed by atoms with Gasteiger partial charge in [0.1, 0.15) is 13.2 Å². The fourth-order valence-corrected chi connectivity index (χ4v) is 3.75. The summed E-state index contributed by atoms with van der Waals surface area (Å²) in [4.78, 5) is 1.61. The van der Waals surface area contributed by atoms with Crippen molar-refractivity contribution in [3.63, 3.8) is 0 Å². The van der Waals surface area contributed by atoms with Crippen LogP contribution in [0.4, 0.5) is 0 Å². The number of hydrogen-bond donors (Lipinski definition) is 1. The SMILES string of the molecule is CC(C)C(Cn1nccn1)NS(=O)(=O)c1ccc2c(c1)OCCO2. The predicted octanol–water partition coefficient (Wildman–Crippen LogP) is 1.05. The number of sulfonamides is 1. The zero-order valence-electron chi connectivity index (χ0n) is 13.5. The van der Waals surface area contributed by atoms with Gasteiger partial charge in [-0.25, -0.2) is 13.1 Å². The van der Waals surface area contributed by atoms with E-state index in [1.165, 1.54) is 16.9 Å². The highest BCUT2D eigenvalue weighted by Gasteiger charge is 2.25. The van der Waals surface area contributed by atoms with E-state index in [4.69, 9.17) is 9.47 Å². The van der Waals surface area contributed by atoms with Gasteiger partial charge in [-0.3, -0.25) is 0 Å². The van der Waals surface area contributed by atoms with Crippen LogP contribution in [0.5, 0.6) is 11.5 Å². The number of nitrogens with one attached hydrogen (secondary N) is 1. The quantitative estimate of drug-likeness (QED) is 0.835. The van der Waals surface area contributed by atoms with Crippen LogP contribution < -0.4 is 14.2 Å². The van der Waals surface area contributed by atoms with E-state index in [-0.39, 0.29) is 16.9 Å². The van der Waals surface area contributed by atoms with Crippen molar-refractivity contribution >= 4 is 10.0 Å². The highest BCUT2D eigenvalue weighted by molar-refractivity contribution is 7.89. The van der Waals surface area contributed by atoms with Gasteiger partial charge in [0.2, 0.25) is 10.0 Å². The molecule has 0 saturated heterocycles. The molecule has 1 atom stereocenters. The molecule has 0 saturated carbocycles. The average Bonchev–Trinajstić information content (AvgIpc) is 3.06. The number of ether oxygens (including phenoxy) is 2. The van der Waals surface area contributed by atoms with Crippen LogP contribution in [0, 0.1) is 5.92 Å². The van der Waals surface area contributed by atoms with Crippen molar-refractivity contribution in [2.75, 3.05) is 13.2 Å². The Morgan fingerprint density at radius 1 is 1.17 bits per heavy atom. The fraction of sp³-hybridized carbons (Fsp3) is 0.467. The summed E-state index contributed by atoms with van der Waals surface area (Å²) in [6.45, 7) is 5.11. The van der Waals surface area contributed by atoms with Gasteiger partial charge < -0.3 is 9.47 Å². The molecular weight excluding hydrogens is 332 g/mol. The number of nitrogens with zero attached hydrogens (tertiary/aromatic N) is 3. The summed E-state index contributed by atoms with van der Waals surface area (Å²) >= 11 is 0. The van der Waals surface area contributed by atoms with Crippen molar-refractivity contribution in [1.82, 2.24) is 19.7 Å². The molecule has 1 aliphatic rings. The predicted molar refractivity (Wildman–Crippen MR) is 86.4 cm³/mol. The first-order chi connectivity index (χ1) is 11.5. The van der Waals surface area contributed by atoms with E-state index >= 15 is 0 Å². The molecule has 0 amide bonds. The third-order valence-corrected chi connectivity index (χ3v) is 5.25. The van der Waals surface area contributed by atoms with Crippen LogP contribution in [0.3, 0.4) is 0 Å². The highest BCUT2D eigenvalue weighted by Crippen LogP contribution is 2.32. The van der Waals surface area contributed by atoms with Gasteiger partial charge in [-0.15, -0.1) is 0 Å².